The van der Waals surface area contributed by atoms with Crippen LogP contribution < -0.4 is 11.1 Å². The molecule has 14 heavy (non-hydrogen) atoms. The fraction of sp³-hybridized carbons (Fsp3) is 0.300. The van der Waals surface area contributed by atoms with Crippen LogP contribution in [0.3, 0.4) is 0 Å². The molecule has 1 amide bonds. The lowest BCUT2D eigenvalue weighted by atomic mass is 10.2. The molecule has 0 atom stereocenters. The van der Waals surface area contributed by atoms with E-state index in [4.69, 9.17) is 5.73 Å². The number of nitrogens with one attached hydrogen (secondary N) is 1. The second kappa shape index (κ2) is 5.00. The molecule has 0 aromatic heterocycles. The van der Waals surface area contributed by atoms with E-state index in [0.717, 1.165) is 6.42 Å². The van der Waals surface area contributed by atoms with Gasteiger partial charge >= 0.3 is 0 Å². The van der Waals surface area contributed by atoms with Crippen molar-refractivity contribution in [2.24, 2.45) is 0 Å². The van der Waals surface area contributed by atoms with Gasteiger partial charge in [0.1, 0.15) is 0 Å². The molecule has 0 radical (unpaired) electrons. The lowest BCUT2D eigenvalue weighted by Gasteiger charge is -2.06. The van der Waals surface area contributed by atoms with Crippen LogP contribution in [0, 0.1) is 0 Å². The first kappa shape index (κ1) is 11.0. The summed E-state index contributed by atoms with van der Waals surface area (Å²) >= 11 is 3.29. The third-order valence-electron chi connectivity index (χ3n) is 1.81. The standard InChI is InChI=1S/C10H13BrN2O/c1-2-6-13-10(14)7-4-3-5-8(12)9(7)11/h3-5H,2,6,12H2,1H3,(H,13,14). The Balaban J connectivity index is 2.84. The molecular weight excluding hydrogens is 244 g/mol. The van der Waals surface area contributed by atoms with Gasteiger partial charge in [-0.1, -0.05) is 13.0 Å². The summed E-state index contributed by atoms with van der Waals surface area (Å²) in [5, 5.41) is 2.79. The van der Waals surface area contributed by atoms with Crippen LogP contribution in [0.5, 0.6) is 0 Å². The SMILES string of the molecule is CCCNC(=O)c1cccc(N)c1Br. The zero-order chi connectivity index (χ0) is 10.6. The number of rotatable bonds is 3. The van der Waals surface area contributed by atoms with E-state index in [1.165, 1.54) is 0 Å². The lowest BCUT2D eigenvalue weighted by molar-refractivity contribution is 0.0953. The Morgan fingerprint density at radius 2 is 2.29 bits per heavy atom. The largest absolute Gasteiger partial charge is 0.398 e. The number of carbonyl (C=O) groups is 1. The van der Waals surface area contributed by atoms with Gasteiger partial charge in [-0.3, -0.25) is 4.79 Å². The highest BCUT2D eigenvalue weighted by Gasteiger charge is 2.10. The van der Waals surface area contributed by atoms with Crippen molar-refractivity contribution in [1.29, 1.82) is 0 Å². The quantitative estimate of drug-likeness (QED) is 0.815. The minimum atomic E-state index is -0.0916. The van der Waals surface area contributed by atoms with Gasteiger partial charge in [0.05, 0.1) is 10.0 Å². The third-order valence-corrected chi connectivity index (χ3v) is 2.69. The third kappa shape index (κ3) is 2.48. The highest BCUT2D eigenvalue weighted by Crippen LogP contribution is 2.23. The van der Waals surface area contributed by atoms with Crippen molar-refractivity contribution in [2.75, 3.05) is 12.3 Å². The van der Waals surface area contributed by atoms with Gasteiger partial charge in [-0.2, -0.15) is 0 Å². The Morgan fingerprint density at radius 3 is 2.93 bits per heavy atom. The summed E-state index contributed by atoms with van der Waals surface area (Å²) in [7, 11) is 0. The number of halogens is 1. The number of hydrogen-bond donors (Lipinski definition) is 2. The van der Waals surface area contributed by atoms with Gasteiger partial charge in [0.2, 0.25) is 0 Å². The molecule has 1 aromatic carbocycles. The van der Waals surface area contributed by atoms with Crippen LogP contribution in [-0.4, -0.2) is 12.5 Å². The first-order chi connectivity index (χ1) is 6.66. The number of hydrogen-bond acceptors (Lipinski definition) is 2. The highest BCUT2D eigenvalue weighted by molar-refractivity contribution is 9.10. The average Bonchev–Trinajstić information content (AvgIpc) is 2.18. The van der Waals surface area contributed by atoms with Crippen LogP contribution in [0.4, 0.5) is 5.69 Å². The van der Waals surface area contributed by atoms with Gasteiger partial charge in [0.15, 0.2) is 0 Å². The van der Waals surface area contributed by atoms with Crippen LogP contribution in [0.1, 0.15) is 23.7 Å². The molecule has 0 fully saturated rings. The maximum atomic E-state index is 11.6. The predicted octanol–water partition coefficient (Wildman–Crippen LogP) is 2.17. The van der Waals surface area contributed by atoms with E-state index in [1.807, 2.05) is 6.92 Å². The lowest BCUT2D eigenvalue weighted by Crippen LogP contribution is -2.24. The van der Waals surface area contributed by atoms with Crippen LogP contribution >= 0.6 is 15.9 Å². The molecule has 0 unspecified atom stereocenters. The molecule has 0 bridgehead atoms. The molecule has 0 aliphatic heterocycles. The molecule has 0 saturated heterocycles. The first-order valence-electron chi connectivity index (χ1n) is 4.49. The Morgan fingerprint density at radius 1 is 1.57 bits per heavy atom. The molecule has 4 heteroatoms. The average molecular weight is 257 g/mol. The summed E-state index contributed by atoms with van der Waals surface area (Å²) in [4.78, 5) is 11.6. The summed E-state index contributed by atoms with van der Waals surface area (Å²) in [5.74, 6) is -0.0916. The molecule has 3 nitrogen and oxygen atoms in total. The van der Waals surface area contributed by atoms with E-state index < -0.39 is 0 Å². The number of anilines is 1. The van der Waals surface area contributed by atoms with E-state index in [0.29, 0.717) is 22.3 Å². The van der Waals surface area contributed by atoms with Gasteiger partial charge in [0, 0.05) is 12.2 Å². The zero-order valence-corrected chi connectivity index (χ0v) is 9.60. The molecule has 0 spiro atoms. The number of carbonyl (C=O) groups excluding carboxylic acids is 1. The smallest absolute Gasteiger partial charge is 0.252 e. The Hall–Kier alpha value is -1.03. The topological polar surface area (TPSA) is 55.1 Å². The molecular formula is C10H13BrN2O. The van der Waals surface area contributed by atoms with E-state index in [9.17, 15) is 4.79 Å². The van der Waals surface area contributed by atoms with Crippen LogP contribution in [0.2, 0.25) is 0 Å². The summed E-state index contributed by atoms with van der Waals surface area (Å²) in [6.45, 7) is 2.69. The van der Waals surface area contributed by atoms with Crippen molar-refractivity contribution in [1.82, 2.24) is 5.32 Å². The van der Waals surface area contributed by atoms with E-state index >= 15 is 0 Å². The molecule has 3 N–H and O–H groups in total. The summed E-state index contributed by atoms with van der Waals surface area (Å²) in [6.07, 6.45) is 0.922. The molecule has 1 rings (SSSR count). The molecule has 0 saturated carbocycles. The summed E-state index contributed by atoms with van der Waals surface area (Å²) in [6, 6.07) is 5.26. The maximum Gasteiger partial charge on any atom is 0.252 e. The molecule has 0 heterocycles. The Labute approximate surface area is 91.8 Å². The minimum Gasteiger partial charge on any atom is -0.398 e. The van der Waals surface area contributed by atoms with Crippen molar-refractivity contribution in [3.63, 3.8) is 0 Å². The minimum absolute atomic E-state index is 0.0916. The van der Waals surface area contributed by atoms with Crippen molar-refractivity contribution < 1.29 is 4.79 Å². The van der Waals surface area contributed by atoms with Gasteiger partial charge in [-0.25, -0.2) is 0 Å². The first-order valence-corrected chi connectivity index (χ1v) is 5.28. The van der Waals surface area contributed by atoms with Gasteiger partial charge in [-0.15, -0.1) is 0 Å². The monoisotopic (exact) mass is 256 g/mol. The van der Waals surface area contributed by atoms with Crippen molar-refractivity contribution in [3.8, 4) is 0 Å². The molecule has 0 aliphatic rings. The zero-order valence-electron chi connectivity index (χ0n) is 8.01. The fourth-order valence-electron chi connectivity index (χ4n) is 1.06. The Bertz CT molecular complexity index is 339. The van der Waals surface area contributed by atoms with E-state index in [1.54, 1.807) is 18.2 Å². The highest BCUT2D eigenvalue weighted by atomic mass is 79.9. The van der Waals surface area contributed by atoms with Crippen LogP contribution in [0.25, 0.3) is 0 Å². The molecule has 0 aliphatic carbocycles. The Kier molecular flexibility index (Phi) is 3.95. The van der Waals surface area contributed by atoms with Crippen molar-refractivity contribution in [2.45, 2.75) is 13.3 Å². The second-order valence-corrected chi connectivity index (χ2v) is 3.76. The summed E-state index contributed by atoms with van der Waals surface area (Å²) < 4.78 is 0.661. The number of nitrogen functional groups attached to an aromatic ring is 1. The number of amides is 1. The van der Waals surface area contributed by atoms with Gasteiger partial charge in [-0.05, 0) is 34.5 Å². The number of nitrogens with two attached hydrogens (primary N) is 1. The maximum absolute atomic E-state index is 11.6. The van der Waals surface area contributed by atoms with E-state index in [2.05, 4.69) is 21.2 Å². The molecule has 76 valence electrons. The van der Waals surface area contributed by atoms with E-state index in [-0.39, 0.29) is 5.91 Å². The second-order valence-electron chi connectivity index (χ2n) is 2.96. The van der Waals surface area contributed by atoms with Gasteiger partial charge < -0.3 is 11.1 Å². The van der Waals surface area contributed by atoms with Crippen molar-refractivity contribution in [3.05, 3.63) is 28.2 Å². The normalized spacial score (nSPS) is 9.86. The molecule has 1 aromatic rings. The fourth-order valence-corrected chi connectivity index (χ4v) is 1.50. The van der Waals surface area contributed by atoms with Crippen LogP contribution in [0.15, 0.2) is 22.7 Å². The van der Waals surface area contributed by atoms with Crippen molar-refractivity contribution >= 4 is 27.5 Å². The predicted molar refractivity (Wildman–Crippen MR) is 61.2 cm³/mol. The van der Waals surface area contributed by atoms with Crippen LogP contribution in [-0.2, 0) is 0 Å². The summed E-state index contributed by atoms with van der Waals surface area (Å²) in [5.41, 5.74) is 6.82. The van der Waals surface area contributed by atoms with Gasteiger partial charge in [0.25, 0.3) is 5.91 Å². The number of benzene rings is 1.